The minimum atomic E-state index is 0.498. The van der Waals surface area contributed by atoms with Crippen molar-refractivity contribution in [2.45, 2.75) is 17.7 Å². The Labute approximate surface area is 178 Å². The van der Waals surface area contributed by atoms with Crippen molar-refractivity contribution < 1.29 is 14.0 Å². The van der Waals surface area contributed by atoms with Crippen LogP contribution in [-0.4, -0.2) is 34.1 Å². The van der Waals surface area contributed by atoms with Gasteiger partial charge in [-0.05, 0) is 37.3 Å². The summed E-state index contributed by atoms with van der Waals surface area (Å²) in [5.41, 5.74) is 2.67. The van der Waals surface area contributed by atoms with Gasteiger partial charge in [-0.2, -0.15) is 4.98 Å². The molecule has 0 aliphatic rings. The summed E-state index contributed by atoms with van der Waals surface area (Å²) in [6.07, 6.45) is 0. The first-order chi connectivity index (χ1) is 14.8. The van der Waals surface area contributed by atoms with E-state index in [1.807, 2.05) is 67.6 Å². The van der Waals surface area contributed by atoms with Gasteiger partial charge in [-0.1, -0.05) is 47.3 Å². The van der Waals surface area contributed by atoms with E-state index in [9.17, 15) is 0 Å². The summed E-state index contributed by atoms with van der Waals surface area (Å²) in [4.78, 5) is 4.47. The van der Waals surface area contributed by atoms with Gasteiger partial charge in [0.15, 0.2) is 11.5 Å². The molecule has 0 N–H and O–H groups in total. The Morgan fingerprint density at radius 2 is 1.80 bits per heavy atom. The average molecular weight is 420 g/mol. The van der Waals surface area contributed by atoms with E-state index < -0.39 is 0 Å². The molecule has 0 aliphatic heterocycles. The smallest absolute Gasteiger partial charge is 0.237 e. The second kappa shape index (κ2) is 9.41. The summed E-state index contributed by atoms with van der Waals surface area (Å²) in [7, 11) is 1.60. The maximum absolute atomic E-state index is 5.54. The maximum atomic E-state index is 5.54. The highest BCUT2D eigenvalue weighted by Gasteiger charge is 2.13. The molecule has 152 valence electrons. The molecular formula is C22H20N4O3S. The van der Waals surface area contributed by atoms with Crippen LogP contribution in [0.2, 0.25) is 0 Å². The molecule has 4 aromatic rings. The van der Waals surface area contributed by atoms with Crippen molar-refractivity contribution in [3.05, 3.63) is 66.6 Å². The summed E-state index contributed by atoms with van der Waals surface area (Å²) >= 11 is 1.49. The third kappa shape index (κ3) is 4.60. The molecule has 4 rings (SSSR count). The molecule has 0 radical (unpaired) electrons. The predicted octanol–water partition coefficient (Wildman–Crippen LogP) is 4.89. The van der Waals surface area contributed by atoms with Gasteiger partial charge in [-0.15, -0.1) is 10.2 Å². The van der Waals surface area contributed by atoms with Crippen LogP contribution >= 0.6 is 11.8 Å². The van der Waals surface area contributed by atoms with Crippen LogP contribution < -0.4 is 9.47 Å². The second-order valence-corrected chi connectivity index (χ2v) is 7.22. The van der Waals surface area contributed by atoms with Gasteiger partial charge in [-0.3, -0.25) is 0 Å². The number of ether oxygens (including phenoxy) is 2. The number of thioether (sulfide) groups is 1. The highest BCUT2D eigenvalue weighted by molar-refractivity contribution is 7.98. The van der Waals surface area contributed by atoms with E-state index in [-0.39, 0.29) is 0 Å². The molecule has 0 fully saturated rings. The Morgan fingerprint density at radius 3 is 2.53 bits per heavy atom. The lowest BCUT2D eigenvalue weighted by molar-refractivity contribution is 0.311. The van der Waals surface area contributed by atoms with E-state index in [1.165, 1.54) is 11.8 Å². The fourth-order valence-corrected chi connectivity index (χ4v) is 3.46. The van der Waals surface area contributed by atoms with E-state index >= 15 is 0 Å². The molecular weight excluding hydrogens is 400 g/mol. The molecule has 0 unspecified atom stereocenters. The molecule has 30 heavy (non-hydrogen) atoms. The van der Waals surface area contributed by atoms with Crippen LogP contribution in [0.5, 0.6) is 11.5 Å². The molecule has 7 nitrogen and oxygen atoms in total. The Bertz CT molecular complexity index is 1100. The van der Waals surface area contributed by atoms with Crippen LogP contribution in [0.25, 0.3) is 22.6 Å². The van der Waals surface area contributed by atoms with Gasteiger partial charge in [0, 0.05) is 11.1 Å². The maximum Gasteiger partial charge on any atom is 0.237 e. The van der Waals surface area contributed by atoms with Crippen LogP contribution in [0.3, 0.4) is 0 Å². The van der Waals surface area contributed by atoms with Crippen molar-refractivity contribution in [3.8, 4) is 34.1 Å². The number of nitrogens with zero attached hydrogens (tertiary/aromatic N) is 4. The topological polar surface area (TPSA) is 83.2 Å². The highest BCUT2D eigenvalue weighted by atomic mass is 32.2. The standard InChI is InChI=1S/C22H20N4O3S/c1-3-28-18-11-9-16(13-19(18)27-2)22-23-20(29-26-22)14-30-21-12-10-17(24-25-21)15-7-5-4-6-8-15/h4-13H,3,14H2,1-2H3. The summed E-state index contributed by atoms with van der Waals surface area (Å²) in [5, 5.41) is 13.4. The van der Waals surface area contributed by atoms with Crippen LogP contribution in [0.1, 0.15) is 12.8 Å². The van der Waals surface area contributed by atoms with Gasteiger partial charge < -0.3 is 14.0 Å². The first kappa shape index (κ1) is 19.9. The molecule has 0 spiro atoms. The van der Waals surface area contributed by atoms with Crippen molar-refractivity contribution in [2.24, 2.45) is 0 Å². The molecule has 0 aliphatic carbocycles. The van der Waals surface area contributed by atoms with Gasteiger partial charge in [0.2, 0.25) is 11.7 Å². The van der Waals surface area contributed by atoms with E-state index in [4.69, 9.17) is 14.0 Å². The van der Waals surface area contributed by atoms with Crippen molar-refractivity contribution in [3.63, 3.8) is 0 Å². The normalized spacial score (nSPS) is 10.7. The summed E-state index contributed by atoms with van der Waals surface area (Å²) < 4.78 is 16.3. The Morgan fingerprint density at radius 1 is 0.933 bits per heavy atom. The third-order valence-electron chi connectivity index (χ3n) is 4.24. The molecule has 2 aromatic heterocycles. The van der Waals surface area contributed by atoms with E-state index in [0.29, 0.717) is 35.6 Å². The zero-order chi connectivity index (χ0) is 20.8. The summed E-state index contributed by atoms with van der Waals surface area (Å²) in [6, 6.07) is 19.4. The van der Waals surface area contributed by atoms with Crippen LogP contribution in [0.4, 0.5) is 0 Å². The van der Waals surface area contributed by atoms with E-state index in [1.54, 1.807) is 7.11 Å². The van der Waals surface area contributed by atoms with Crippen molar-refractivity contribution >= 4 is 11.8 Å². The van der Waals surface area contributed by atoms with E-state index in [2.05, 4.69) is 20.3 Å². The molecule has 8 heteroatoms. The van der Waals surface area contributed by atoms with Crippen LogP contribution in [0.15, 0.2) is 70.2 Å². The Hall–Kier alpha value is -3.39. The van der Waals surface area contributed by atoms with Crippen molar-refractivity contribution in [1.29, 1.82) is 0 Å². The molecule has 0 atom stereocenters. The Balaban J connectivity index is 1.41. The van der Waals surface area contributed by atoms with Gasteiger partial charge in [0.1, 0.15) is 5.03 Å². The minimum Gasteiger partial charge on any atom is -0.493 e. The number of hydrogen-bond donors (Lipinski definition) is 0. The largest absolute Gasteiger partial charge is 0.493 e. The molecule has 0 amide bonds. The SMILES string of the molecule is CCOc1ccc(-c2noc(CSc3ccc(-c4ccccc4)nn3)n2)cc1OC. The second-order valence-electron chi connectivity index (χ2n) is 6.22. The van der Waals surface area contributed by atoms with Gasteiger partial charge in [-0.25, -0.2) is 0 Å². The summed E-state index contributed by atoms with van der Waals surface area (Å²) in [5.74, 6) is 2.82. The van der Waals surface area contributed by atoms with Crippen molar-refractivity contribution in [2.75, 3.05) is 13.7 Å². The lowest BCUT2D eigenvalue weighted by atomic mass is 10.1. The van der Waals surface area contributed by atoms with Gasteiger partial charge in [0.05, 0.1) is 25.2 Å². The minimum absolute atomic E-state index is 0.498. The fourth-order valence-electron chi connectivity index (χ4n) is 2.81. The Kier molecular flexibility index (Phi) is 6.24. The molecule has 2 heterocycles. The third-order valence-corrected chi connectivity index (χ3v) is 5.15. The molecule has 2 aromatic carbocycles. The van der Waals surface area contributed by atoms with Gasteiger partial charge >= 0.3 is 0 Å². The number of hydrogen-bond acceptors (Lipinski definition) is 8. The fraction of sp³-hybridized carbons (Fsp3) is 0.182. The highest BCUT2D eigenvalue weighted by Crippen LogP contribution is 2.32. The zero-order valence-corrected chi connectivity index (χ0v) is 17.4. The number of methoxy groups -OCH3 is 1. The van der Waals surface area contributed by atoms with Crippen LogP contribution in [0, 0.1) is 0 Å². The monoisotopic (exact) mass is 420 g/mol. The summed E-state index contributed by atoms with van der Waals surface area (Å²) in [6.45, 7) is 2.49. The molecule has 0 saturated heterocycles. The van der Waals surface area contributed by atoms with Gasteiger partial charge in [0.25, 0.3) is 0 Å². The quantitative estimate of drug-likeness (QED) is 0.373. The lowest BCUT2D eigenvalue weighted by Gasteiger charge is -2.09. The lowest BCUT2D eigenvalue weighted by Crippen LogP contribution is -1.95. The average Bonchev–Trinajstić information content (AvgIpc) is 3.28. The van der Waals surface area contributed by atoms with Crippen molar-refractivity contribution in [1.82, 2.24) is 20.3 Å². The first-order valence-electron chi connectivity index (χ1n) is 9.42. The number of benzene rings is 2. The first-order valence-corrected chi connectivity index (χ1v) is 10.4. The van der Waals surface area contributed by atoms with Crippen LogP contribution in [-0.2, 0) is 5.75 Å². The molecule has 0 saturated carbocycles. The zero-order valence-electron chi connectivity index (χ0n) is 16.6. The molecule has 0 bridgehead atoms. The number of rotatable bonds is 8. The predicted molar refractivity (Wildman–Crippen MR) is 114 cm³/mol. The van der Waals surface area contributed by atoms with E-state index in [0.717, 1.165) is 21.8 Å². The number of aromatic nitrogens is 4.